The van der Waals surface area contributed by atoms with Crippen molar-refractivity contribution >= 4 is 5.91 Å². The fourth-order valence-corrected chi connectivity index (χ4v) is 1.97. The minimum atomic E-state index is -0.146. The van der Waals surface area contributed by atoms with E-state index < -0.39 is 0 Å². The van der Waals surface area contributed by atoms with Gasteiger partial charge < -0.3 is 4.90 Å². The molecule has 0 bridgehead atoms. The van der Waals surface area contributed by atoms with Gasteiger partial charge in [0.05, 0.1) is 0 Å². The van der Waals surface area contributed by atoms with E-state index in [0.29, 0.717) is 13.1 Å². The molecule has 0 aliphatic carbocycles. The number of rotatable bonds is 1. The number of hydrogen-bond donors (Lipinski definition) is 1. The lowest BCUT2D eigenvalue weighted by molar-refractivity contribution is 0.0442. The summed E-state index contributed by atoms with van der Waals surface area (Å²) in [7, 11) is 0. The molecule has 1 saturated heterocycles. The Labute approximate surface area is 100 Å². The Kier molecular flexibility index (Phi) is 3.10. The molecular formula is C10H18N6O. The Balaban J connectivity index is 1.94. The lowest BCUT2D eigenvalue weighted by atomic mass is 10.0. The first-order valence-electron chi connectivity index (χ1n) is 5.76. The van der Waals surface area contributed by atoms with Crippen LogP contribution in [0.3, 0.4) is 0 Å². The standard InChI is InChI=1S/C10H18N6O/c1-10(2,3)16-6-4-15(5-7-16)9(17)8-11-13-14-12-8/h4-7H2,1-3H3,(H,11,12,13,14). The van der Waals surface area contributed by atoms with E-state index in [1.54, 1.807) is 4.90 Å². The van der Waals surface area contributed by atoms with Crippen molar-refractivity contribution in [2.24, 2.45) is 0 Å². The number of piperazine rings is 1. The molecule has 1 amide bonds. The second-order valence-corrected chi connectivity index (χ2v) is 5.19. The number of H-pyrrole nitrogens is 1. The highest BCUT2D eigenvalue weighted by atomic mass is 16.2. The second kappa shape index (κ2) is 4.40. The molecular weight excluding hydrogens is 220 g/mol. The van der Waals surface area contributed by atoms with E-state index in [-0.39, 0.29) is 17.3 Å². The van der Waals surface area contributed by atoms with Crippen molar-refractivity contribution < 1.29 is 4.79 Å². The molecule has 7 nitrogen and oxygen atoms in total. The van der Waals surface area contributed by atoms with Crippen LogP contribution in [0.25, 0.3) is 0 Å². The van der Waals surface area contributed by atoms with Crippen LogP contribution in [-0.4, -0.2) is 68.0 Å². The highest BCUT2D eigenvalue weighted by Crippen LogP contribution is 2.16. The summed E-state index contributed by atoms with van der Waals surface area (Å²) in [5.41, 5.74) is 0.154. The SMILES string of the molecule is CC(C)(C)N1CCN(C(=O)c2nn[nH]n2)CC1. The number of aromatic amines is 1. The third-order valence-electron chi connectivity index (χ3n) is 3.05. The average Bonchev–Trinajstić information content (AvgIpc) is 2.80. The lowest BCUT2D eigenvalue weighted by Gasteiger charge is -2.41. The topological polar surface area (TPSA) is 78.0 Å². The predicted octanol–water partition coefficient (Wildman–Crippen LogP) is -0.244. The molecule has 94 valence electrons. The summed E-state index contributed by atoms with van der Waals surface area (Å²) in [6, 6.07) is 0. The summed E-state index contributed by atoms with van der Waals surface area (Å²) in [5, 5.41) is 13.1. The van der Waals surface area contributed by atoms with E-state index in [2.05, 4.69) is 46.3 Å². The van der Waals surface area contributed by atoms with Gasteiger partial charge in [0.1, 0.15) is 0 Å². The molecule has 1 aliphatic heterocycles. The van der Waals surface area contributed by atoms with Gasteiger partial charge in [-0.05, 0) is 26.0 Å². The first kappa shape index (κ1) is 12.0. The maximum absolute atomic E-state index is 11.9. The molecule has 17 heavy (non-hydrogen) atoms. The lowest BCUT2D eigenvalue weighted by Crippen LogP contribution is -2.54. The van der Waals surface area contributed by atoms with Crippen LogP contribution in [0.1, 0.15) is 31.4 Å². The Morgan fingerprint density at radius 1 is 1.24 bits per heavy atom. The van der Waals surface area contributed by atoms with Crippen LogP contribution >= 0.6 is 0 Å². The van der Waals surface area contributed by atoms with Crippen molar-refractivity contribution in [2.45, 2.75) is 26.3 Å². The summed E-state index contributed by atoms with van der Waals surface area (Å²) >= 11 is 0. The van der Waals surface area contributed by atoms with Crippen molar-refractivity contribution in [1.82, 2.24) is 30.4 Å². The van der Waals surface area contributed by atoms with Crippen LogP contribution in [0.2, 0.25) is 0 Å². The summed E-state index contributed by atoms with van der Waals surface area (Å²) in [5.74, 6) is 0.00141. The molecule has 1 aliphatic rings. The van der Waals surface area contributed by atoms with E-state index in [4.69, 9.17) is 0 Å². The van der Waals surface area contributed by atoms with Crippen LogP contribution < -0.4 is 0 Å². The van der Waals surface area contributed by atoms with Crippen LogP contribution in [-0.2, 0) is 0 Å². The zero-order valence-corrected chi connectivity index (χ0v) is 10.5. The molecule has 0 saturated carbocycles. The van der Waals surface area contributed by atoms with Gasteiger partial charge in [0.25, 0.3) is 11.7 Å². The molecule has 1 fully saturated rings. The van der Waals surface area contributed by atoms with Gasteiger partial charge in [0, 0.05) is 31.7 Å². The Morgan fingerprint density at radius 3 is 2.35 bits per heavy atom. The first-order valence-corrected chi connectivity index (χ1v) is 5.76. The number of aromatic nitrogens is 4. The van der Waals surface area contributed by atoms with E-state index >= 15 is 0 Å². The normalized spacial score (nSPS) is 18.4. The van der Waals surface area contributed by atoms with Crippen molar-refractivity contribution in [3.05, 3.63) is 5.82 Å². The zero-order chi connectivity index (χ0) is 12.5. The van der Waals surface area contributed by atoms with Crippen LogP contribution in [0.15, 0.2) is 0 Å². The number of hydrogen-bond acceptors (Lipinski definition) is 5. The van der Waals surface area contributed by atoms with E-state index in [1.165, 1.54) is 0 Å². The Hall–Kier alpha value is -1.50. The quantitative estimate of drug-likeness (QED) is 0.730. The van der Waals surface area contributed by atoms with Crippen LogP contribution in [0.5, 0.6) is 0 Å². The van der Waals surface area contributed by atoms with Gasteiger partial charge in [-0.1, -0.05) is 0 Å². The molecule has 1 aromatic rings. The molecule has 2 heterocycles. The van der Waals surface area contributed by atoms with E-state index in [9.17, 15) is 4.79 Å². The van der Waals surface area contributed by atoms with Gasteiger partial charge in [0.15, 0.2) is 0 Å². The predicted molar refractivity (Wildman–Crippen MR) is 61.4 cm³/mol. The Bertz CT molecular complexity index is 374. The first-order chi connectivity index (χ1) is 7.98. The number of nitrogens with one attached hydrogen (secondary N) is 1. The van der Waals surface area contributed by atoms with Crippen LogP contribution in [0.4, 0.5) is 0 Å². The average molecular weight is 238 g/mol. The summed E-state index contributed by atoms with van der Waals surface area (Å²) in [6.45, 7) is 9.74. The van der Waals surface area contributed by atoms with E-state index in [1.807, 2.05) is 0 Å². The van der Waals surface area contributed by atoms with Gasteiger partial charge >= 0.3 is 0 Å². The number of carbonyl (C=O) groups excluding carboxylic acids is 1. The molecule has 2 rings (SSSR count). The van der Waals surface area contributed by atoms with Gasteiger partial charge in [-0.2, -0.15) is 5.21 Å². The third-order valence-corrected chi connectivity index (χ3v) is 3.05. The summed E-state index contributed by atoms with van der Waals surface area (Å²) < 4.78 is 0. The number of amides is 1. The fourth-order valence-electron chi connectivity index (χ4n) is 1.97. The smallest absolute Gasteiger partial charge is 0.295 e. The van der Waals surface area contributed by atoms with Crippen molar-refractivity contribution in [3.63, 3.8) is 0 Å². The summed E-state index contributed by atoms with van der Waals surface area (Å²) in [4.78, 5) is 16.1. The van der Waals surface area contributed by atoms with Crippen molar-refractivity contribution in [1.29, 1.82) is 0 Å². The van der Waals surface area contributed by atoms with Gasteiger partial charge in [-0.15, -0.1) is 10.2 Å². The molecule has 0 unspecified atom stereocenters. The minimum Gasteiger partial charge on any atom is -0.333 e. The third kappa shape index (κ3) is 2.60. The largest absolute Gasteiger partial charge is 0.333 e. The molecule has 1 aromatic heterocycles. The van der Waals surface area contributed by atoms with Gasteiger partial charge in [0.2, 0.25) is 0 Å². The van der Waals surface area contributed by atoms with Gasteiger partial charge in [-0.3, -0.25) is 9.69 Å². The fraction of sp³-hybridized carbons (Fsp3) is 0.800. The van der Waals surface area contributed by atoms with E-state index in [0.717, 1.165) is 13.1 Å². The molecule has 0 aromatic carbocycles. The number of tetrazole rings is 1. The molecule has 7 heteroatoms. The number of nitrogens with zero attached hydrogens (tertiary/aromatic N) is 5. The number of carbonyl (C=O) groups is 1. The minimum absolute atomic E-state index is 0.146. The Morgan fingerprint density at radius 2 is 1.88 bits per heavy atom. The van der Waals surface area contributed by atoms with Crippen molar-refractivity contribution in [2.75, 3.05) is 26.2 Å². The monoisotopic (exact) mass is 238 g/mol. The highest BCUT2D eigenvalue weighted by molar-refractivity contribution is 5.90. The van der Waals surface area contributed by atoms with Crippen molar-refractivity contribution in [3.8, 4) is 0 Å². The molecule has 0 spiro atoms. The summed E-state index contributed by atoms with van der Waals surface area (Å²) in [6.07, 6.45) is 0. The molecule has 1 N–H and O–H groups in total. The molecule has 0 radical (unpaired) electrons. The maximum Gasteiger partial charge on any atom is 0.295 e. The maximum atomic E-state index is 11.9. The zero-order valence-electron chi connectivity index (χ0n) is 10.5. The second-order valence-electron chi connectivity index (χ2n) is 5.19. The molecule has 0 atom stereocenters. The van der Waals surface area contributed by atoms with Crippen LogP contribution in [0, 0.1) is 0 Å². The van der Waals surface area contributed by atoms with Gasteiger partial charge in [-0.25, -0.2) is 0 Å². The highest BCUT2D eigenvalue weighted by Gasteiger charge is 2.29.